The first-order valence-electron chi connectivity index (χ1n) is 2.77. The molecule has 1 rings (SSSR count). The molecule has 0 amide bonds. The van der Waals surface area contributed by atoms with Gasteiger partial charge in [-0.1, -0.05) is 0 Å². The van der Waals surface area contributed by atoms with E-state index in [1.165, 1.54) is 0 Å². The van der Waals surface area contributed by atoms with Gasteiger partial charge in [0, 0.05) is 0 Å². The zero-order valence-electron chi connectivity index (χ0n) is 5.79. The average molecular weight is 125 g/mol. The number of hydrogen-bond donors (Lipinski definition) is 0. The van der Waals surface area contributed by atoms with Crippen molar-refractivity contribution in [1.29, 1.82) is 0 Å². The molecule has 0 aliphatic heterocycles. The molecule has 0 spiro atoms. The SMILES string of the molecule is CC(C)(C)n1[c]nnn1. The maximum Gasteiger partial charge on any atom is 0.222 e. The van der Waals surface area contributed by atoms with Crippen molar-refractivity contribution in [2.24, 2.45) is 0 Å². The van der Waals surface area contributed by atoms with Gasteiger partial charge in [0.05, 0.1) is 5.54 Å². The van der Waals surface area contributed by atoms with Crippen LogP contribution in [0.1, 0.15) is 20.8 Å². The normalized spacial score (nSPS) is 11.9. The molecule has 0 fully saturated rings. The van der Waals surface area contributed by atoms with Crippen LogP contribution < -0.4 is 0 Å². The Labute approximate surface area is 53.9 Å². The molecule has 4 nitrogen and oxygen atoms in total. The first-order chi connectivity index (χ1) is 4.11. The van der Waals surface area contributed by atoms with E-state index in [9.17, 15) is 0 Å². The first kappa shape index (κ1) is 6.19. The number of tetrazole rings is 1. The molecule has 0 aliphatic rings. The van der Waals surface area contributed by atoms with E-state index in [1.807, 2.05) is 20.8 Å². The highest BCUT2D eigenvalue weighted by atomic mass is 15.5. The monoisotopic (exact) mass is 125 g/mol. The minimum atomic E-state index is -0.0521. The van der Waals surface area contributed by atoms with E-state index >= 15 is 0 Å². The van der Waals surface area contributed by atoms with Gasteiger partial charge in [0.2, 0.25) is 6.33 Å². The molecule has 0 N–H and O–H groups in total. The molecule has 1 aromatic heterocycles. The summed E-state index contributed by atoms with van der Waals surface area (Å²) in [6.45, 7) is 6.04. The molecule has 0 saturated carbocycles. The average Bonchev–Trinajstić information content (AvgIpc) is 2.08. The fraction of sp³-hybridized carbons (Fsp3) is 0.800. The molecular formula is C5H9N4. The van der Waals surface area contributed by atoms with E-state index < -0.39 is 0 Å². The Morgan fingerprint density at radius 3 is 2.22 bits per heavy atom. The molecule has 0 saturated heterocycles. The van der Waals surface area contributed by atoms with Gasteiger partial charge in [-0.05, 0) is 31.2 Å². The Balaban J connectivity index is 2.90. The second kappa shape index (κ2) is 1.79. The van der Waals surface area contributed by atoms with Crippen molar-refractivity contribution in [3.63, 3.8) is 0 Å². The van der Waals surface area contributed by atoms with Crippen LogP contribution in [0.4, 0.5) is 0 Å². The number of rotatable bonds is 0. The van der Waals surface area contributed by atoms with Crippen LogP contribution >= 0.6 is 0 Å². The lowest BCUT2D eigenvalue weighted by atomic mass is 10.1. The van der Waals surface area contributed by atoms with Crippen molar-refractivity contribution < 1.29 is 0 Å². The highest BCUT2D eigenvalue weighted by molar-refractivity contribution is 4.66. The Kier molecular flexibility index (Phi) is 1.23. The maximum absolute atomic E-state index is 3.69. The molecule has 1 radical (unpaired) electrons. The summed E-state index contributed by atoms with van der Waals surface area (Å²) in [7, 11) is 0. The molecule has 0 aliphatic carbocycles. The third-order valence-electron chi connectivity index (χ3n) is 0.949. The lowest BCUT2D eigenvalue weighted by molar-refractivity contribution is 0.344. The number of aromatic nitrogens is 4. The van der Waals surface area contributed by atoms with Gasteiger partial charge in [0.15, 0.2) is 0 Å². The fourth-order valence-electron chi connectivity index (χ4n) is 0.427. The summed E-state index contributed by atoms with van der Waals surface area (Å²) in [5.74, 6) is 0. The standard InChI is InChI=1S/C5H9N4/c1-5(2,3)9-4-6-7-8-9/h1-3H3. The largest absolute Gasteiger partial charge is 0.222 e. The molecule has 49 valence electrons. The predicted molar refractivity (Wildman–Crippen MR) is 31.6 cm³/mol. The summed E-state index contributed by atoms with van der Waals surface area (Å²) >= 11 is 0. The highest BCUT2D eigenvalue weighted by Crippen LogP contribution is 2.08. The van der Waals surface area contributed by atoms with Crippen LogP contribution in [-0.2, 0) is 5.54 Å². The van der Waals surface area contributed by atoms with E-state index in [4.69, 9.17) is 0 Å². The molecule has 9 heavy (non-hydrogen) atoms. The summed E-state index contributed by atoms with van der Waals surface area (Å²) in [5.41, 5.74) is -0.0521. The Morgan fingerprint density at radius 1 is 1.33 bits per heavy atom. The third kappa shape index (κ3) is 1.25. The second-order valence-electron chi connectivity index (χ2n) is 2.86. The van der Waals surface area contributed by atoms with E-state index in [1.54, 1.807) is 4.68 Å². The van der Waals surface area contributed by atoms with E-state index in [-0.39, 0.29) is 5.54 Å². The molecule has 1 heterocycles. The van der Waals surface area contributed by atoms with Crippen molar-refractivity contribution in [2.45, 2.75) is 26.3 Å². The summed E-state index contributed by atoms with van der Waals surface area (Å²) in [6, 6.07) is 0. The Morgan fingerprint density at radius 2 is 2.00 bits per heavy atom. The van der Waals surface area contributed by atoms with Gasteiger partial charge in [-0.25, -0.2) is 4.68 Å². The van der Waals surface area contributed by atoms with Crippen molar-refractivity contribution in [2.75, 3.05) is 0 Å². The summed E-state index contributed by atoms with van der Waals surface area (Å²) in [5, 5.41) is 10.5. The number of hydrogen-bond acceptors (Lipinski definition) is 3. The Bertz CT molecular complexity index is 171. The molecule has 1 aromatic rings. The van der Waals surface area contributed by atoms with Crippen LogP contribution in [0.25, 0.3) is 0 Å². The van der Waals surface area contributed by atoms with Crippen LogP contribution in [0.15, 0.2) is 0 Å². The molecule has 0 bridgehead atoms. The van der Waals surface area contributed by atoms with Crippen LogP contribution in [-0.4, -0.2) is 20.2 Å². The number of nitrogens with zero attached hydrogens (tertiary/aromatic N) is 4. The van der Waals surface area contributed by atoms with E-state index in [2.05, 4.69) is 21.9 Å². The minimum absolute atomic E-state index is 0.0521. The zero-order chi connectivity index (χ0) is 6.91. The van der Waals surface area contributed by atoms with Crippen molar-refractivity contribution >= 4 is 0 Å². The highest BCUT2D eigenvalue weighted by Gasteiger charge is 2.13. The van der Waals surface area contributed by atoms with Crippen LogP contribution in [0, 0.1) is 6.33 Å². The summed E-state index contributed by atoms with van der Waals surface area (Å²) in [6.07, 6.45) is 2.62. The van der Waals surface area contributed by atoms with Crippen molar-refractivity contribution in [1.82, 2.24) is 20.2 Å². The van der Waals surface area contributed by atoms with Gasteiger partial charge in [-0.3, -0.25) is 0 Å². The smallest absolute Gasteiger partial charge is 0.217 e. The van der Waals surface area contributed by atoms with Crippen molar-refractivity contribution in [3.05, 3.63) is 6.33 Å². The topological polar surface area (TPSA) is 43.6 Å². The lowest BCUT2D eigenvalue weighted by Crippen LogP contribution is -2.22. The molecule has 4 heteroatoms. The van der Waals surface area contributed by atoms with E-state index in [0.717, 1.165) is 0 Å². The first-order valence-corrected chi connectivity index (χ1v) is 2.77. The quantitative estimate of drug-likeness (QED) is 0.498. The van der Waals surface area contributed by atoms with Crippen LogP contribution in [0.3, 0.4) is 0 Å². The van der Waals surface area contributed by atoms with E-state index in [0.29, 0.717) is 0 Å². The predicted octanol–water partition coefficient (Wildman–Crippen LogP) is 0.228. The third-order valence-corrected chi connectivity index (χ3v) is 0.949. The van der Waals surface area contributed by atoms with Gasteiger partial charge < -0.3 is 0 Å². The maximum atomic E-state index is 3.69. The van der Waals surface area contributed by atoms with Crippen LogP contribution in [0.2, 0.25) is 0 Å². The molecular weight excluding hydrogens is 116 g/mol. The molecule has 0 aromatic carbocycles. The van der Waals surface area contributed by atoms with Gasteiger partial charge >= 0.3 is 0 Å². The molecule has 0 atom stereocenters. The fourth-order valence-corrected chi connectivity index (χ4v) is 0.427. The summed E-state index contributed by atoms with van der Waals surface area (Å²) < 4.78 is 1.59. The summed E-state index contributed by atoms with van der Waals surface area (Å²) in [4.78, 5) is 0. The molecule has 0 unspecified atom stereocenters. The zero-order valence-corrected chi connectivity index (χ0v) is 5.79. The minimum Gasteiger partial charge on any atom is -0.217 e. The lowest BCUT2D eigenvalue weighted by Gasteiger charge is -2.15. The van der Waals surface area contributed by atoms with Gasteiger partial charge in [0.25, 0.3) is 0 Å². The van der Waals surface area contributed by atoms with Gasteiger partial charge in [0.1, 0.15) is 0 Å². The van der Waals surface area contributed by atoms with Gasteiger partial charge in [-0.15, -0.1) is 5.10 Å². The van der Waals surface area contributed by atoms with Crippen LogP contribution in [0.5, 0.6) is 0 Å². The van der Waals surface area contributed by atoms with Gasteiger partial charge in [-0.2, -0.15) is 0 Å². The van der Waals surface area contributed by atoms with Crippen molar-refractivity contribution in [3.8, 4) is 0 Å². The Hall–Kier alpha value is -0.930. The second-order valence-corrected chi connectivity index (χ2v) is 2.86.